The maximum Gasteiger partial charge on any atom is 0.272 e. The van der Waals surface area contributed by atoms with Gasteiger partial charge < -0.3 is 10.6 Å². The molecule has 2 rings (SSSR count). The third-order valence-corrected chi connectivity index (χ3v) is 2.80. The summed E-state index contributed by atoms with van der Waals surface area (Å²) in [7, 11) is 0. The first-order valence-electron chi connectivity index (χ1n) is 6.11. The second-order valence-corrected chi connectivity index (χ2v) is 5.03. The molecule has 2 N–H and O–H groups in total. The molecular formula is C13H19N3O. The Morgan fingerprint density at radius 1 is 1.53 bits per heavy atom. The molecule has 4 heteroatoms. The first-order chi connectivity index (χ1) is 8.08. The summed E-state index contributed by atoms with van der Waals surface area (Å²) in [6, 6.07) is 5.61. The molecule has 1 aliphatic carbocycles. The average Bonchev–Trinajstić information content (AvgIpc) is 3.08. The minimum Gasteiger partial charge on any atom is -0.384 e. The highest BCUT2D eigenvalue weighted by molar-refractivity contribution is 5.93. The quantitative estimate of drug-likeness (QED) is 0.864. The molecule has 1 fully saturated rings. The van der Waals surface area contributed by atoms with Crippen LogP contribution in [0.4, 0.5) is 5.82 Å². The van der Waals surface area contributed by atoms with E-state index in [1.54, 1.807) is 18.2 Å². The standard InChI is InChI=1S/C13H19N3O/c1-9(2)8-16(10-6-7-10)13(17)11-4-3-5-12(14)15-11/h3-5,9-10H,6-8H2,1-2H3,(H2,14,15). The highest BCUT2D eigenvalue weighted by Gasteiger charge is 2.33. The summed E-state index contributed by atoms with van der Waals surface area (Å²) in [6.07, 6.45) is 2.22. The normalized spacial score (nSPS) is 15.0. The second-order valence-electron chi connectivity index (χ2n) is 5.03. The van der Waals surface area contributed by atoms with E-state index in [1.807, 2.05) is 4.90 Å². The van der Waals surface area contributed by atoms with Gasteiger partial charge in [-0.3, -0.25) is 4.79 Å². The number of pyridine rings is 1. The van der Waals surface area contributed by atoms with Crippen molar-refractivity contribution in [1.82, 2.24) is 9.88 Å². The lowest BCUT2D eigenvalue weighted by Crippen LogP contribution is -2.36. The van der Waals surface area contributed by atoms with Crippen molar-refractivity contribution in [2.45, 2.75) is 32.7 Å². The van der Waals surface area contributed by atoms with Crippen molar-refractivity contribution in [3.05, 3.63) is 23.9 Å². The molecule has 1 aromatic rings. The van der Waals surface area contributed by atoms with Crippen molar-refractivity contribution >= 4 is 11.7 Å². The Morgan fingerprint density at radius 3 is 2.76 bits per heavy atom. The van der Waals surface area contributed by atoms with Gasteiger partial charge in [0, 0.05) is 12.6 Å². The lowest BCUT2D eigenvalue weighted by atomic mass is 10.2. The molecule has 4 nitrogen and oxygen atoms in total. The van der Waals surface area contributed by atoms with Crippen molar-refractivity contribution in [2.24, 2.45) is 5.92 Å². The molecule has 0 saturated heterocycles. The van der Waals surface area contributed by atoms with Crippen LogP contribution in [0.5, 0.6) is 0 Å². The maximum atomic E-state index is 12.3. The van der Waals surface area contributed by atoms with E-state index in [4.69, 9.17) is 5.73 Å². The van der Waals surface area contributed by atoms with E-state index in [0.29, 0.717) is 23.5 Å². The summed E-state index contributed by atoms with van der Waals surface area (Å²) in [5.74, 6) is 0.880. The number of hydrogen-bond donors (Lipinski definition) is 1. The SMILES string of the molecule is CC(C)CN(C(=O)c1cccc(N)n1)C1CC1. The number of nitrogens with two attached hydrogens (primary N) is 1. The number of aromatic nitrogens is 1. The fraction of sp³-hybridized carbons (Fsp3) is 0.538. The molecule has 1 saturated carbocycles. The summed E-state index contributed by atoms with van der Waals surface area (Å²) in [5.41, 5.74) is 6.06. The molecule has 0 spiro atoms. The van der Waals surface area contributed by atoms with Gasteiger partial charge in [-0.25, -0.2) is 4.98 Å². The Balaban J connectivity index is 2.15. The van der Waals surface area contributed by atoms with E-state index in [0.717, 1.165) is 19.4 Å². The van der Waals surface area contributed by atoms with Gasteiger partial charge in [-0.1, -0.05) is 19.9 Å². The van der Waals surface area contributed by atoms with Crippen molar-refractivity contribution in [3.63, 3.8) is 0 Å². The third kappa shape index (κ3) is 2.96. The lowest BCUT2D eigenvalue weighted by Gasteiger charge is -2.24. The topological polar surface area (TPSA) is 59.2 Å². The monoisotopic (exact) mass is 233 g/mol. The fourth-order valence-corrected chi connectivity index (χ4v) is 1.90. The lowest BCUT2D eigenvalue weighted by molar-refractivity contribution is 0.0716. The van der Waals surface area contributed by atoms with Gasteiger partial charge in [-0.15, -0.1) is 0 Å². The van der Waals surface area contributed by atoms with Gasteiger partial charge in [0.2, 0.25) is 0 Å². The van der Waals surface area contributed by atoms with E-state index in [2.05, 4.69) is 18.8 Å². The van der Waals surface area contributed by atoms with Crippen LogP contribution in [0.3, 0.4) is 0 Å². The van der Waals surface area contributed by atoms with Gasteiger partial charge in [0.05, 0.1) is 0 Å². The van der Waals surface area contributed by atoms with E-state index < -0.39 is 0 Å². The number of anilines is 1. The Morgan fingerprint density at radius 2 is 2.24 bits per heavy atom. The molecule has 1 amide bonds. The average molecular weight is 233 g/mol. The van der Waals surface area contributed by atoms with Crippen molar-refractivity contribution in [3.8, 4) is 0 Å². The molecular weight excluding hydrogens is 214 g/mol. The van der Waals surface area contributed by atoms with Crippen LogP contribution in [0, 0.1) is 5.92 Å². The summed E-state index contributed by atoms with van der Waals surface area (Å²) in [4.78, 5) is 18.4. The Hall–Kier alpha value is -1.58. The number of nitrogen functional groups attached to an aromatic ring is 1. The molecule has 92 valence electrons. The van der Waals surface area contributed by atoms with Crippen molar-refractivity contribution in [2.75, 3.05) is 12.3 Å². The number of carbonyl (C=O) groups is 1. The zero-order valence-electron chi connectivity index (χ0n) is 10.4. The number of carbonyl (C=O) groups excluding carboxylic acids is 1. The van der Waals surface area contributed by atoms with Gasteiger partial charge in [0.15, 0.2) is 0 Å². The van der Waals surface area contributed by atoms with E-state index >= 15 is 0 Å². The van der Waals surface area contributed by atoms with Gasteiger partial charge >= 0.3 is 0 Å². The molecule has 0 unspecified atom stereocenters. The van der Waals surface area contributed by atoms with Crippen LogP contribution >= 0.6 is 0 Å². The van der Waals surface area contributed by atoms with Crippen LogP contribution < -0.4 is 5.73 Å². The number of hydrogen-bond acceptors (Lipinski definition) is 3. The van der Waals surface area contributed by atoms with Gasteiger partial charge in [-0.2, -0.15) is 0 Å². The summed E-state index contributed by atoms with van der Waals surface area (Å²) < 4.78 is 0. The molecule has 1 aromatic heterocycles. The van der Waals surface area contributed by atoms with Crippen LogP contribution in [-0.2, 0) is 0 Å². The molecule has 0 radical (unpaired) electrons. The largest absolute Gasteiger partial charge is 0.384 e. The van der Waals surface area contributed by atoms with Crippen LogP contribution in [0.2, 0.25) is 0 Å². The first kappa shape index (κ1) is 11.9. The molecule has 0 bridgehead atoms. The van der Waals surface area contributed by atoms with Crippen LogP contribution in [0.15, 0.2) is 18.2 Å². The minimum absolute atomic E-state index is 0.00787. The zero-order valence-corrected chi connectivity index (χ0v) is 10.4. The number of rotatable bonds is 4. The molecule has 17 heavy (non-hydrogen) atoms. The number of nitrogens with zero attached hydrogens (tertiary/aromatic N) is 2. The van der Waals surface area contributed by atoms with Crippen LogP contribution in [0.25, 0.3) is 0 Å². The number of amides is 1. The molecule has 0 aliphatic heterocycles. The minimum atomic E-state index is 0.00787. The maximum absolute atomic E-state index is 12.3. The zero-order chi connectivity index (χ0) is 12.4. The highest BCUT2D eigenvalue weighted by Crippen LogP contribution is 2.28. The van der Waals surface area contributed by atoms with Crippen molar-refractivity contribution in [1.29, 1.82) is 0 Å². The third-order valence-electron chi connectivity index (χ3n) is 2.80. The summed E-state index contributed by atoms with van der Waals surface area (Å²) in [6.45, 7) is 5.03. The molecule has 0 atom stereocenters. The van der Waals surface area contributed by atoms with Gasteiger partial charge in [-0.05, 0) is 30.9 Å². The van der Waals surface area contributed by atoms with Gasteiger partial charge in [0.25, 0.3) is 5.91 Å². The summed E-state index contributed by atoms with van der Waals surface area (Å²) >= 11 is 0. The van der Waals surface area contributed by atoms with Crippen LogP contribution in [0.1, 0.15) is 37.2 Å². The predicted molar refractivity (Wildman–Crippen MR) is 67.5 cm³/mol. The van der Waals surface area contributed by atoms with Crippen LogP contribution in [-0.4, -0.2) is 28.4 Å². The molecule has 1 heterocycles. The summed E-state index contributed by atoms with van der Waals surface area (Å²) in [5, 5.41) is 0. The Labute approximate surface area is 102 Å². The Kier molecular flexibility index (Phi) is 3.31. The Bertz CT molecular complexity index is 413. The smallest absolute Gasteiger partial charge is 0.272 e. The highest BCUT2D eigenvalue weighted by atomic mass is 16.2. The fourth-order valence-electron chi connectivity index (χ4n) is 1.90. The van der Waals surface area contributed by atoms with Gasteiger partial charge in [0.1, 0.15) is 11.5 Å². The first-order valence-corrected chi connectivity index (χ1v) is 6.11. The van der Waals surface area contributed by atoms with Crippen molar-refractivity contribution < 1.29 is 4.79 Å². The second kappa shape index (κ2) is 4.73. The van der Waals surface area contributed by atoms with E-state index in [-0.39, 0.29) is 5.91 Å². The van der Waals surface area contributed by atoms with E-state index in [9.17, 15) is 4.79 Å². The van der Waals surface area contributed by atoms with E-state index in [1.165, 1.54) is 0 Å². The molecule has 1 aliphatic rings. The predicted octanol–water partition coefficient (Wildman–Crippen LogP) is 1.92. The molecule has 0 aromatic carbocycles.